The number of fused-ring (bicyclic) bond motifs is 4. The van der Waals surface area contributed by atoms with Crippen LogP contribution in [0.2, 0.25) is 0 Å². The molecule has 11 heteroatoms. The largest absolute Gasteiger partial charge is 0.338 e. The van der Waals surface area contributed by atoms with E-state index >= 15 is 4.79 Å². The first-order valence-corrected chi connectivity index (χ1v) is 18.1. The zero-order valence-corrected chi connectivity index (χ0v) is 29.1. The predicted octanol–water partition coefficient (Wildman–Crippen LogP) is 6.36. The summed E-state index contributed by atoms with van der Waals surface area (Å²) >= 11 is 0. The van der Waals surface area contributed by atoms with Crippen LogP contribution in [0, 0.1) is 0 Å². The minimum absolute atomic E-state index is 0.0617. The Morgan fingerprint density at radius 1 is 0.736 bits per heavy atom. The summed E-state index contributed by atoms with van der Waals surface area (Å²) < 4.78 is 3.70. The lowest BCUT2D eigenvalue weighted by Crippen LogP contribution is -2.50. The lowest BCUT2D eigenvalue weighted by molar-refractivity contribution is -0.134. The van der Waals surface area contributed by atoms with E-state index in [1.165, 1.54) is 5.56 Å². The molecule has 1 saturated heterocycles. The van der Waals surface area contributed by atoms with Gasteiger partial charge in [-0.3, -0.25) is 14.2 Å². The molecule has 1 fully saturated rings. The molecule has 53 heavy (non-hydrogen) atoms. The molecule has 0 bridgehead atoms. The van der Waals surface area contributed by atoms with Crippen molar-refractivity contribution in [3.8, 4) is 23.0 Å². The first-order chi connectivity index (χ1) is 26.1. The molecule has 2 aliphatic rings. The van der Waals surface area contributed by atoms with Crippen molar-refractivity contribution in [2.45, 2.75) is 44.1 Å². The number of hydrogen-bond donors (Lipinski definition) is 0. The number of amides is 2. The SMILES string of the molecule is O=C1C(Cc2nn(-c3ncccn3)c3ccccc23)c2nnc(-c3ccccc3)n2-c2ccccc2N1CC(=O)N1CCCCC1Cc1ccccc1. The van der Waals surface area contributed by atoms with Gasteiger partial charge in [0.2, 0.25) is 11.8 Å². The van der Waals surface area contributed by atoms with Gasteiger partial charge in [0.15, 0.2) is 11.6 Å². The lowest BCUT2D eigenvalue weighted by atomic mass is 9.95. The van der Waals surface area contributed by atoms with Crippen LogP contribution in [-0.2, 0) is 22.4 Å². The maximum absolute atomic E-state index is 15.2. The van der Waals surface area contributed by atoms with E-state index in [-0.39, 0.29) is 30.8 Å². The van der Waals surface area contributed by atoms with E-state index in [4.69, 9.17) is 10.2 Å². The Kier molecular flexibility index (Phi) is 8.51. The third-order valence-electron chi connectivity index (χ3n) is 10.4. The summed E-state index contributed by atoms with van der Waals surface area (Å²) in [5.74, 6) is 0.428. The summed E-state index contributed by atoms with van der Waals surface area (Å²) in [5, 5.41) is 15.3. The number of rotatable bonds is 8. The molecule has 3 aromatic heterocycles. The summed E-state index contributed by atoms with van der Waals surface area (Å²) in [6, 6.07) is 37.6. The van der Waals surface area contributed by atoms with Gasteiger partial charge in [-0.25, -0.2) is 9.97 Å². The van der Waals surface area contributed by atoms with Crippen molar-refractivity contribution in [3.63, 3.8) is 0 Å². The number of piperidine rings is 1. The van der Waals surface area contributed by atoms with Crippen LogP contribution in [0.4, 0.5) is 5.69 Å². The Labute approximate surface area is 306 Å². The molecule has 0 aliphatic carbocycles. The van der Waals surface area contributed by atoms with Gasteiger partial charge in [-0.1, -0.05) is 91.0 Å². The molecule has 7 aromatic rings. The predicted molar refractivity (Wildman–Crippen MR) is 202 cm³/mol. The standard InChI is InChI=1S/C42H37N9O2/c52-38(48-25-12-11-18-31(48)26-29-14-3-1-4-15-29)28-49-36-21-9-10-22-37(36)50-39(30-16-5-2-6-17-30)45-46-40(50)33(41(49)53)27-34-32-19-7-8-20-35(32)51(47-34)42-43-23-13-24-44-42/h1-10,13-17,19-24,31,33H,11-12,18,25-28H2. The summed E-state index contributed by atoms with van der Waals surface area (Å²) in [5.41, 5.74) is 4.96. The van der Waals surface area contributed by atoms with Crippen molar-refractivity contribution in [2.75, 3.05) is 18.0 Å². The van der Waals surface area contributed by atoms with Gasteiger partial charge in [0.1, 0.15) is 12.5 Å². The van der Waals surface area contributed by atoms with Crippen LogP contribution in [0.25, 0.3) is 33.9 Å². The van der Waals surface area contributed by atoms with Gasteiger partial charge in [0, 0.05) is 42.4 Å². The highest BCUT2D eigenvalue weighted by Gasteiger charge is 2.40. The van der Waals surface area contributed by atoms with Gasteiger partial charge in [0.05, 0.1) is 22.6 Å². The van der Waals surface area contributed by atoms with Crippen LogP contribution in [0.15, 0.2) is 128 Å². The summed E-state index contributed by atoms with van der Waals surface area (Å²) in [6.07, 6.45) is 7.29. The summed E-state index contributed by atoms with van der Waals surface area (Å²) in [6.45, 7) is 0.571. The van der Waals surface area contributed by atoms with Crippen molar-refractivity contribution in [1.29, 1.82) is 0 Å². The Hall–Kier alpha value is -6.49. The molecule has 0 N–H and O–H groups in total. The second kappa shape index (κ2) is 13.9. The van der Waals surface area contributed by atoms with Crippen LogP contribution in [0.5, 0.6) is 0 Å². The number of hydrogen-bond acceptors (Lipinski definition) is 7. The van der Waals surface area contributed by atoms with Crippen LogP contribution < -0.4 is 4.90 Å². The minimum Gasteiger partial charge on any atom is -0.338 e. The van der Waals surface area contributed by atoms with E-state index in [0.717, 1.165) is 47.8 Å². The molecule has 262 valence electrons. The highest BCUT2D eigenvalue weighted by atomic mass is 16.2. The Bertz CT molecular complexity index is 2410. The van der Waals surface area contributed by atoms with Crippen LogP contribution in [0.1, 0.15) is 42.3 Å². The maximum Gasteiger partial charge on any atom is 0.251 e. The highest BCUT2D eigenvalue weighted by molar-refractivity contribution is 6.05. The van der Waals surface area contributed by atoms with Crippen molar-refractivity contribution < 1.29 is 9.59 Å². The Morgan fingerprint density at radius 2 is 1.45 bits per heavy atom. The van der Waals surface area contributed by atoms with E-state index < -0.39 is 5.92 Å². The zero-order valence-electron chi connectivity index (χ0n) is 29.1. The molecular formula is C42H37N9O2. The fraction of sp³-hybridized carbons (Fsp3) is 0.214. The second-order valence-electron chi connectivity index (χ2n) is 13.6. The van der Waals surface area contributed by atoms with Gasteiger partial charge < -0.3 is 9.80 Å². The van der Waals surface area contributed by atoms with Crippen molar-refractivity contribution in [2.24, 2.45) is 0 Å². The molecule has 2 aliphatic heterocycles. The molecule has 0 saturated carbocycles. The monoisotopic (exact) mass is 699 g/mol. The normalized spacial score (nSPS) is 17.0. The number of para-hydroxylation sites is 3. The van der Waals surface area contributed by atoms with E-state index in [1.807, 2.05) is 107 Å². The number of carbonyl (C=O) groups excluding carboxylic acids is 2. The molecule has 2 atom stereocenters. The summed E-state index contributed by atoms with van der Waals surface area (Å²) in [7, 11) is 0. The van der Waals surface area contributed by atoms with Gasteiger partial charge in [-0.2, -0.15) is 9.78 Å². The van der Waals surface area contributed by atoms with Gasteiger partial charge in [-0.15, -0.1) is 10.2 Å². The number of nitrogens with zero attached hydrogens (tertiary/aromatic N) is 9. The Morgan fingerprint density at radius 3 is 2.26 bits per heavy atom. The average Bonchev–Trinajstić information content (AvgIpc) is 3.80. The van der Waals surface area contributed by atoms with Crippen molar-refractivity contribution in [1.82, 2.24) is 39.4 Å². The zero-order chi connectivity index (χ0) is 35.7. The van der Waals surface area contributed by atoms with Crippen LogP contribution >= 0.6 is 0 Å². The maximum atomic E-state index is 15.2. The third-order valence-corrected chi connectivity index (χ3v) is 10.4. The molecule has 2 unspecified atom stereocenters. The van der Waals surface area contributed by atoms with Crippen LogP contribution in [-0.4, -0.2) is 70.4 Å². The molecule has 9 rings (SSSR count). The molecule has 2 amide bonds. The number of likely N-dealkylation sites (tertiary alicyclic amines) is 1. The lowest BCUT2D eigenvalue weighted by Gasteiger charge is -2.37. The number of aromatic nitrogens is 7. The number of anilines is 1. The van der Waals surface area contributed by atoms with E-state index in [2.05, 4.69) is 27.2 Å². The highest BCUT2D eigenvalue weighted by Crippen LogP contribution is 2.39. The topological polar surface area (TPSA) is 115 Å². The number of carbonyl (C=O) groups is 2. The third kappa shape index (κ3) is 6.03. The van der Waals surface area contributed by atoms with E-state index in [0.29, 0.717) is 35.5 Å². The first kappa shape index (κ1) is 32.4. The molecule has 5 heterocycles. The fourth-order valence-electron chi connectivity index (χ4n) is 7.86. The van der Waals surface area contributed by atoms with Gasteiger partial charge in [0.25, 0.3) is 5.95 Å². The number of benzene rings is 4. The van der Waals surface area contributed by atoms with E-state index in [9.17, 15) is 4.79 Å². The summed E-state index contributed by atoms with van der Waals surface area (Å²) in [4.78, 5) is 42.3. The first-order valence-electron chi connectivity index (χ1n) is 18.1. The van der Waals surface area contributed by atoms with Crippen LogP contribution in [0.3, 0.4) is 0 Å². The minimum atomic E-state index is -0.815. The molecule has 4 aromatic carbocycles. The molecule has 0 spiro atoms. The van der Waals surface area contributed by atoms with E-state index in [1.54, 1.807) is 28.0 Å². The molecule has 11 nitrogen and oxygen atoms in total. The fourth-order valence-corrected chi connectivity index (χ4v) is 7.86. The smallest absolute Gasteiger partial charge is 0.251 e. The Balaban J connectivity index is 1.15. The molecular weight excluding hydrogens is 663 g/mol. The van der Waals surface area contributed by atoms with Crippen molar-refractivity contribution >= 4 is 28.4 Å². The quantitative estimate of drug-likeness (QED) is 0.181. The molecule has 0 radical (unpaired) electrons. The van der Waals surface area contributed by atoms with Crippen molar-refractivity contribution in [3.05, 3.63) is 145 Å². The van der Waals surface area contributed by atoms with Gasteiger partial charge in [-0.05, 0) is 55.5 Å². The average molecular weight is 700 g/mol. The second-order valence-corrected chi connectivity index (χ2v) is 13.6. The van der Waals surface area contributed by atoms with Gasteiger partial charge >= 0.3 is 0 Å².